The lowest BCUT2D eigenvalue weighted by Gasteiger charge is -2.32. The highest BCUT2D eigenvalue weighted by Crippen LogP contribution is 2.52. The Morgan fingerprint density at radius 2 is 1.28 bits per heavy atom. The zero-order chi connectivity index (χ0) is 38.7. The van der Waals surface area contributed by atoms with Gasteiger partial charge in [0.2, 0.25) is 0 Å². The SMILES string of the molecule is Cc1ccc(C)c(C2=Cc3c(n(-c4cccnc4)c4cc5c(cc34)C(C)C(C)c3cc4c6cc(-c7cc(C)ccc7C)ccc6n(-c6cc[nH]c6)c4cc3-5)CC2)c1. The number of nitrogens with zero attached hydrogens (tertiary/aromatic N) is 3. The third-order valence-corrected chi connectivity index (χ3v) is 13.4. The molecule has 2 aliphatic carbocycles. The Bertz CT molecular complexity index is 3130. The van der Waals surface area contributed by atoms with Crippen molar-refractivity contribution in [3.8, 4) is 33.6 Å². The van der Waals surface area contributed by atoms with E-state index < -0.39 is 0 Å². The Labute approximate surface area is 334 Å². The van der Waals surface area contributed by atoms with Crippen molar-refractivity contribution in [2.24, 2.45) is 0 Å². The van der Waals surface area contributed by atoms with Gasteiger partial charge in [0.15, 0.2) is 0 Å². The first kappa shape index (κ1) is 33.9. The molecule has 0 amide bonds. The topological polar surface area (TPSA) is 38.5 Å². The molecule has 0 saturated heterocycles. The standard InChI is InChI=1S/C53H46N4/c1-30-9-11-32(3)40(20-30)36-13-15-50-46(22-36)48-24-42-34(5)35(6)43-25-49-47-23-37(41-21-31(2)10-12-33(41)4)14-16-51(47)57(39-17-19-55-29-39)53(49)27-45(43)44(42)26-52(48)56(50)38-8-7-18-54-28-38/h7-12,14,16-29,34-35,55H,13,15H2,1-6H3. The smallest absolute Gasteiger partial charge is 0.0642 e. The molecular formula is C53H46N4. The van der Waals surface area contributed by atoms with Gasteiger partial charge in [-0.25, -0.2) is 0 Å². The predicted octanol–water partition coefficient (Wildman–Crippen LogP) is 13.7. The summed E-state index contributed by atoms with van der Waals surface area (Å²) in [6, 6.07) is 37.2. The van der Waals surface area contributed by atoms with E-state index in [-0.39, 0.29) is 0 Å². The van der Waals surface area contributed by atoms with Gasteiger partial charge in [-0.3, -0.25) is 4.98 Å². The molecule has 4 nitrogen and oxygen atoms in total. The third-order valence-electron chi connectivity index (χ3n) is 13.4. The average molecular weight is 739 g/mol. The molecule has 4 heteroatoms. The minimum atomic E-state index is 0.347. The van der Waals surface area contributed by atoms with Crippen molar-refractivity contribution >= 4 is 44.4 Å². The number of aromatic amines is 1. The van der Waals surface area contributed by atoms with E-state index in [9.17, 15) is 0 Å². The Balaban J connectivity index is 1.18. The summed E-state index contributed by atoms with van der Waals surface area (Å²) >= 11 is 0. The van der Waals surface area contributed by atoms with Gasteiger partial charge in [-0.2, -0.15) is 0 Å². The molecule has 0 saturated carbocycles. The number of fused-ring (bicyclic) bond motifs is 9. The molecule has 57 heavy (non-hydrogen) atoms. The molecule has 0 bridgehead atoms. The van der Waals surface area contributed by atoms with Crippen molar-refractivity contribution in [3.63, 3.8) is 0 Å². The Hall–Kier alpha value is -6.39. The van der Waals surface area contributed by atoms with Gasteiger partial charge in [-0.1, -0.05) is 67.4 Å². The second kappa shape index (κ2) is 12.6. The van der Waals surface area contributed by atoms with Crippen LogP contribution in [0.2, 0.25) is 0 Å². The van der Waals surface area contributed by atoms with Crippen LogP contribution >= 0.6 is 0 Å². The van der Waals surface area contributed by atoms with Crippen molar-refractivity contribution in [1.29, 1.82) is 0 Å². The van der Waals surface area contributed by atoms with E-state index in [0.29, 0.717) is 11.8 Å². The highest BCUT2D eigenvalue weighted by atomic mass is 15.0. The molecule has 2 atom stereocenters. The van der Waals surface area contributed by atoms with Gasteiger partial charge in [-0.05, 0) is 169 Å². The van der Waals surface area contributed by atoms with Gasteiger partial charge in [0, 0.05) is 46.0 Å². The van der Waals surface area contributed by atoms with Crippen LogP contribution in [-0.2, 0) is 6.42 Å². The van der Waals surface area contributed by atoms with Crippen molar-refractivity contribution in [2.45, 2.75) is 66.2 Å². The quantitative estimate of drug-likeness (QED) is 0.192. The molecule has 278 valence electrons. The van der Waals surface area contributed by atoms with Crippen LogP contribution in [0.5, 0.6) is 0 Å². The van der Waals surface area contributed by atoms with Gasteiger partial charge in [-0.15, -0.1) is 0 Å². The fourth-order valence-electron chi connectivity index (χ4n) is 10.2. The van der Waals surface area contributed by atoms with Crippen molar-refractivity contribution < 1.29 is 0 Å². The molecule has 2 unspecified atom stereocenters. The second-order valence-corrected chi connectivity index (χ2v) is 16.8. The Morgan fingerprint density at radius 3 is 1.98 bits per heavy atom. The minimum Gasteiger partial charge on any atom is -0.366 e. The molecule has 2 aliphatic rings. The second-order valence-electron chi connectivity index (χ2n) is 16.8. The normalized spacial score (nSPS) is 16.2. The fraction of sp³-hybridized carbons (Fsp3) is 0.189. The third kappa shape index (κ3) is 5.09. The molecule has 5 aromatic carbocycles. The van der Waals surface area contributed by atoms with E-state index in [1.54, 1.807) is 0 Å². The molecule has 9 aromatic rings. The molecule has 0 aliphatic heterocycles. The molecule has 1 N–H and O–H groups in total. The van der Waals surface area contributed by atoms with Crippen molar-refractivity contribution in [3.05, 3.63) is 172 Å². The van der Waals surface area contributed by atoms with Crippen LogP contribution in [0.25, 0.3) is 78.0 Å². The molecule has 4 aromatic heterocycles. The Kier molecular flexibility index (Phi) is 7.47. The van der Waals surface area contributed by atoms with E-state index in [1.165, 1.54) is 111 Å². The summed E-state index contributed by atoms with van der Waals surface area (Å²) in [5.41, 5.74) is 24.8. The number of H-pyrrole nitrogens is 1. The monoisotopic (exact) mass is 738 g/mol. The predicted molar refractivity (Wildman–Crippen MR) is 239 cm³/mol. The molecule has 0 spiro atoms. The number of nitrogens with one attached hydrogen (secondary N) is 1. The van der Waals surface area contributed by atoms with E-state index in [2.05, 4.69) is 170 Å². The first-order valence-corrected chi connectivity index (χ1v) is 20.5. The van der Waals surface area contributed by atoms with Crippen molar-refractivity contribution in [2.75, 3.05) is 0 Å². The number of rotatable bonds is 4. The minimum absolute atomic E-state index is 0.347. The number of hydrogen-bond donors (Lipinski definition) is 1. The van der Waals surface area contributed by atoms with Crippen LogP contribution in [0.1, 0.15) is 82.3 Å². The summed E-state index contributed by atoms with van der Waals surface area (Å²) in [5, 5.41) is 3.93. The van der Waals surface area contributed by atoms with Crippen LogP contribution in [0.15, 0.2) is 122 Å². The number of aromatic nitrogens is 4. The lowest BCUT2D eigenvalue weighted by atomic mass is 9.72. The fourth-order valence-corrected chi connectivity index (χ4v) is 10.2. The molecule has 0 fully saturated rings. The van der Waals surface area contributed by atoms with Crippen LogP contribution in [0.4, 0.5) is 0 Å². The summed E-state index contributed by atoms with van der Waals surface area (Å²) in [7, 11) is 0. The zero-order valence-corrected chi connectivity index (χ0v) is 33.5. The lowest BCUT2D eigenvalue weighted by Crippen LogP contribution is -2.13. The maximum absolute atomic E-state index is 4.61. The first-order valence-electron chi connectivity index (χ1n) is 20.5. The summed E-state index contributed by atoms with van der Waals surface area (Å²) in [6.45, 7) is 13.7. The average Bonchev–Trinajstić information content (AvgIpc) is 3.95. The van der Waals surface area contributed by atoms with Crippen LogP contribution in [0.3, 0.4) is 0 Å². The number of aryl methyl sites for hydroxylation is 4. The van der Waals surface area contributed by atoms with E-state index in [1.807, 2.05) is 18.6 Å². The van der Waals surface area contributed by atoms with Crippen LogP contribution in [0, 0.1) is 27.7 Å². The van der Waals surface area contributed by atoms with E-state index in [4.69, 9.17) is 0 Å². The molecule has 0 radical (unpaired) electrons. The number of hydrogen-bond acceptors (Lipinski definition) is 1. The van der Waals surface area contributed by atoms with Gasteiger partial charge < -0.3 is 14.1 Å². The van der Waals surface area contributed by atoms with Crippen LogP contribution in [-0.4, -0.2) is 19.1 Å². The first-order chi connectivity index (χ1) is 27.7. The summed E-state index contributed by atoms with van der Waals surface area (Å²) in [6.07, 6.45) is 12.5. The summed E-state index contributed by atoms with van der Waals surface area (Å²) in [5.74, 6) is 0.695. The lowest BCUT2D eigenvalue weighted by molar-refractivity contribution is 0.617. The maximum Gasteiger partial charge on any atom is 0.0642 e. The molecule has 11 rings (SSSR count). The number of pyridine rings is 1. The van der Waals surface area contributed by atoms with Gasteiger partial charge in [0.05, 0.1) is 34.1 Å². The highest BCUT2D eigenvalue weighted by molar-refractivity contribution is 6.12. The summed E-state index contributed by atoms with van der Waals surface area (Å²) in [4.78, 5) is 7.95. The number of allylic oxidation sites excluding steroid dienone is 1. The summed E-state index contributed by atoms with van der Waals surface area (Å²) < 4.78 is 4.95. The largest absolute Gasteiger partial charge is 0.366 e. The van der Waals surface area contributed by atoms with E-state index in [0.717, 1.165) is 24.2 Å². The van der Waals surface area contributed by atoms with Gasteiger partial charge in [0.1, 0.15) is 0 Å². The van der Waals surface area contributed by atoms with Gasteiger partial charge in [0.25, 0.3) is 0 Å². The number of benzene rings is 5. The van der Waals surface area contributed by atoms with Crippen molar-refractivity contribution in [1.82, 2.24) is 19.1 Å². The van der Waals surface area contributed by atoms with Gasteiger partial charge >= 0.3 is 0 Å². The maximum atomic E-state index is 4.61. The molecule has 4 heterocycles. The van der Waals surface area contributed by atoms with E-state index >= 15 is 0 Å². The molecular weight excluding hydrogens is 693 g/mol. The Morgan fingerprint density at radius 1 is 0.596 bits per heavy atom. The zero-order valence-electron chi connectivity index (χ0n) is 33.5. The van der Waals surface area contributed by atoms with Crippen LogP contribution < -0.4 is 0 Å². The highest BCUT2D eigenvalue weighted by Gasteiger charge is 2.32.